The Hall–Kier alpha value is -1.63. The summed E-state index contributed by atoms with van der Waals surface area (Å²) in [5, 5.41) is 11.7. The molecule has 0 aromatic carbocycles. The molecule has 1 rings (SSSR count). The third kappa shape index (κ3) is 4.41. The third-order valence-corrected chi connectivity index (χ3v) is 1.95. The van der Waals surface area contributed by atoms with Gasteiger partial charge in [0.25, 0.3) is 0 Å². The highest BCUT2D eigenvalue weighted by Crippen LogP contribution is 2.17. The van der Waals surface area contributed by atoms with Gasteiger partial charge < -0.3 is 5.32 Å². The molecule has 1 aromatic rings. The van der Waals surface area contributed by atoms with Crippen LogP contribution in [0.1, 0.15) is 32.9 Å². The summed E-state index contributed by atoms with van der Waals surface area (Å²) >= 11 is 0. The summed E-state index contributed by atoms with van der Waals surface area (Å²) in [6.45, 7) is 7.45. The number of rotatable bonds is 3. The van der Waals surface area contributed by atoms with E-state index in [4.69, 9.17) is 5.26 Å². The number of aromatic nitrogens is 2. The van der Waals surface area contributed by atoms with Crippen LogP contribution in [0.4, 0.5) is 5.82 Å². The van der Waals surface area contributed by atoms with Crippen LogP contribution >= 0.6 is 0 Å². The van der Waals surface area contributed by atoms with Crippen LogP contribution < -0.4 is 5.32 Å². The molecule has 4 nitrogen and oxygen atoms in total. The van der Waals surface area contributed by atoms with Gasteiger partial charge in [-0.25, -0.2) is 9.97 Å². The van der Waals surface area contributed by atoms with Crippen molar-refractivity contribution in [3.05, 3.63) is 18.1 Å². The maximum Gasteiger partial charge on any atom is 0.158 e. The molecule has 0 aliphatic heterocycles. The maximum atomic E-state index is 8.54. The topological polar surface area (TPSA) is 61.6 Å². The molecule has 1 N–H and O–H groups in total. The van der Waals surface area contributed by atoms with Crippen molar-refractivity contribution in [3.8, 4) is 6.07 Å². The first-order chi connectivity index (χ1) is 7.01. The molecule has 0 radical (unpaired) electrons. The average Bonchev–Trinajstić information content (AvgIpc) is 2.17. The number of anilines is 1. The largest absolute Gasteiger partial charge is 0.369 e. The van der Waals surface area contributed by atoms with E-state index in [2.05, 4.69) is 36.1 Å². The van der Waals surface area contributed by atoms with E-state index in [-0.39, 0.29) is 0 Å². The first kappa shape index (κ1) is 11.4. The molecular formula is C11H16N4. The van der Waals surface area contributed by atoms with E-state index in [0.29, 0.717) is 11.1 Å². The second-order valence-corrected chi connectivity index (χ2v) is 4.64. The Kier molecular flexibility index (Phi) is 3.62. The van der Waals surface area contributed by atoms with Crippen molar-refractivity contribution in [1.29, 1.82) is 5.26 Å². The van der Waals surface area contributed by atoms with E-state index >= 15 is 0 Å². The van der Waals surface area contributed by atoms with Crippen LogP contribution in [0.25, 0.3) is 0 Å². The molecule has 4 heteroatoms. The molecule has 15 heavy (non-hydrogen) atoms. The quantitative estimate of drug-likeness (QED) is 0.819. The van der Waals surface area contributed by atoms with Gasteiger partial charge in [0.2, 0.25) is 0 Å². The lowest BCUT2D eigenvalue weighted by Crippen LogP contribution is -2.13. The fourth-order valence-electron chi connectivity index (χ4n) is 1.04. The van der Waals surface area contributed by atoms with Crippen LogP contribution in [0.5, 0.6) is 0 Å². The monoisotopic (exact) mass is 204 g/mol. The van der Waals surface area contributed by atoms with E-state index in [9.17, 15) is 0 Å². The van der Waals surface area contributed by atoms with E-state index in [1.165, 1.54) is 6.20 Å². The van der Waals surface area contributed by atoms with Gasteiger partial charge in [0.1, 0.15) is 11.9 Å². The zero-order valence-corrected chi connectivity index (χ0v) is 9.41. The highest BCUT2D eigenvalue weighted by atomic mass is 15.0. The Morgan fingerprint density at radius 1 is 1.33 bits per heavy atom. The zero-order chi connectivity index (χ0) is 11.3. The van der Waals surface area contributed by atoms with Crippen molar-refractivity contribution in [1.82, 2.24) is 9.97 Å². The standard InChI is InChI=1S/C11H16N4/c1-11(2,3)4-5-13-10-8-14-9(6-12)7-15-10/h7-8H,4-5H2,1-3H3,(H,13,15). The first-order valence-electron chi connectivity index (χ1n) is 4.97. The molecular weight excluding hydrogens is 188 g/mol. The summed E-state index contributed by atoms with van der Waals surface area (Å²) < 4.78 is 0. The molecule has 80 valence electrons. The SMILES string of the molecule is CC(C)(C)CCNc1cnc(C#N)cn1. The van der Waals surface area contributed by atoms with Crippen LogP contribution in [0.15, 0.2) is 12.4 Å². The first-order valence-corrected chi connectivity index (χ1v) is 4.97. The van der Waals surface area contributed by atoms with E-state index in [1.54, 1.807) is 6.20 Å². The van der Waals surface area contributed by atoms with E-state index < -0.39 is 0 Å². The minimum absolute atomic E-state index is 0.313. The minimum Gasteiger partial charge on any atom is -0.369 e. The molecule has 0 saturated heterocycles. The Morgan fingerprint density at radius 2 is 2.07 bits per heavy atom. The van der Waals surface area contributed by atoms with E-state index in [0.717, 1.165) is 18.8 Å². The third-order valence-electron chi connectivity index (χ3n) is 1.95. The molecule has 0 fully saturated rings. The molecule has 0 bridgehead atoms. The zero-order valence-electron chi connectivity index (χ0n) is 9.41. The summed E-state index contributed by atoms with van der Waals surface area (Å²) in [5.41, 5.74) is 0.656. The van der Waals surface area contributed by atoms with Crippen LogP contribution in [-0.4, -0.2) is 16.5 Å². The van der Waals surface area contributed by atoms with Gasteiger partial charge in [0.15, 0.2) is 5.69 Å². The minimum atomic E-state index is 0.313. The number of hydrogen-bond acceptors (Lipinski definition) is 4. The molecule has 0 unspecified atom stereocenters. The Labute approximate surface area is 90.4 Å². The van der Waals surface area contributed by atoms with Gasteiger partial charge in [-0.1, -0.05) is 20.8 Å². The lowest BCUT2D eigenvalue weighted by Gasteiger charge is -2.18. The van der Waals surface area contributed by atoms with Gasteiger partial charge in [0, 0.05) is 6.54 Å². The van der Waals surface area contributed by atoms with Crippen molar-refractivity contribution in [2.75, 3.05) is 11.9 Å². The second-order valence-electron chi connectivity index (χ2n) is 4.64. The molecule has 0 spiro atoms. The van der Waals surface area contributed by atoms with E-state index in [1.807, 2.05) is 6.07 Å². The summed E-state index contributed by atoms with van der Waals surface area (Å²) in [5.74, 6) is 0.721. The van der Waals surface area contributed by atoms with Gasteiger partial charge in [-0.05, 0) is 11.8 Å². The number of hydrogen-bond donors (Lipinski definition) is 1. The predicted molar refractivity (Wildman–Crippen MR) is 59.3 cm³/mol. The van der Waals surface area contributed by atoms with Crippen LogP contribution in [0.2, 0.25) is 0 Å². The highest BCUT2D eigenvalue weighted by molar-refractivity contribution is 5.32. The number of nitrogens with one attached hydrogen (secondary N) is 1. The lowest BCUT2D eigenvalue weighted by atomic mass is 9.92. The molecule has 0 saturated carbocycles. The Morgan fingerprint density at radius 3 is 2.53 bits per heavy atom. The van der Waals surface area contributed by atoms with Crippen LogP contribution in [-0.2, 0) is 0 Å². The fourth-order valence-corrected chi connectivity index (χ4v) is 1.04. The summed E-state index contributed by atoms with van der Waals surface area (Å²) in [7, 11) is 0. The van der Waals surface area contributed by atoms with Gasteiger partial charge in [-0.15, -0.1) is 0 Å². The van der Waals surface area contributed by atoms with Gasteiger partial charge >= 0.3 is 0 Å². The molecule has 0 aliphatic rings. The van der Waals surface area contributed by atoms with Gasteiger partial charge in [-0.2, -0.15) is 5.26 Å². The molecule has 1 heterocycles. The summed E-state index contributed by atoms with van der Waals surface area (Å²) in [4.78, 5) is 8.00. The molecule has 0 atom stereocenters. The fraction of sp³-hybridized carbons (Fsp3) is 0.545. The summed E-state index contributed by atoms with van der Waals surface area (Å²) in [6, 6.07) is 1.93. The van der Waals surface area contributed by atoms with Crippen molar-refractivity contribution in [2.45, 2.75) is 27.2 Å². The maximum absolute atomic E-state index is 8.54. The smallest absolute Gasteiger partial charge is 0.158 e. The number of nitriles is 1. The Bertz CT molecular complexity index is 342. The van der Waals surface area contributed by atoms with Gasteiger partial charge in [-0.3, -0.25) is 0 Å². The van der Waals surface area contributed by atoms with Crippen LogP contribution in [0.3, 0.4) is 0 Å². The normalized spacial score (nSPS) is 10.8. The number of nitrogens with zero attached hydrogens (tertiary/aromatic N) is 3. The van der Waals surface area contributed by atoms with Crippen LogP contribution in [0, 0.1) is 16.7 Å². The average molecular weight is 204 g/mol. The van der Waals surface area contributed by atoms with Crippen molar-refractivity contribution in [2.24, 2.45) is 5.41 Å². The van der Waals surface area contributed by atoms with Crippen molar-refractivity contribution < 1.29 is 0 Å². The highest BCUT2D eigenvalue weighted by Gasteiger charge is 2.09. The van der Waals surface area contributed by atoms with Crippen molar-refractivity contribution >= 4 is 5.82 Å². The predicted octanol–water partition coefficient (Wildman–Crippen LogP) is 2.20. The van der Waals surface area contributed by atoms with Crippen molar-refractivity contribution in [3.63, 3.8) is 0 Å². The molecule has 1 aromatic heterocycles. The molecule has 0 aliphatic carbocycles. The second kappa shape index (κ2) is 4.74. The summed E-state index contributed by atoms with van der Waals surface area (Å²) in [6.07, 6.45) is 4.12. The van der Waals surface area contributed by atoms with Gasteiger partial charge in [0.05, 0.1) is 12.4 Å². The molecule has 0 amide bonds. The Balaban J connectivity index is 2.42. The lowest BCUT2D eigenvalue weighted by molar-refractivity contribution is 0.389.